The van der Waals surface area contributed by atoms with Crippen molar-refractivity contribution in [3.8, 4) is 0 Å². The zero-order chi connectivity index (χ0) is 20.7. The molecule has 1 atom stereocenters. The van der Waals surface area contributed by atoms with Gasteiger partial charge in [-0.15, -0.1) is 0 Å². The van der Waals surface area contributed by atoms with Crippen LogP contribution >= 0.6 is 0 Å². The van der Waals surface area contributed by atoms with E-state index in [-0.39, 0.29) is 9.41 Å². The number of para-hydroxylation sites is 1. The maximum absolute atomic E-state index is 2.57. The van der Waals surface area contributed by atoms with Gasteiger partial charge in [-0.2, -0.15) is 0 Å². The van der Waals surface area contributed by atoms with Crippen LogP contribution in [0.1, 0.15) is 58.6 Å². The van der Waals surface area contributed by atoms with Crippen LogP contribution in [0.4, 0.5) is 0 Å². The molecule has 0 radical (unpaired) electrons. The van der Waals surface area contributed by atoms with Crippen LogP contribution in [0.5, 0.6) is 0 Å². The molecule has 0 amide bonds. The van der Waals surface area contributed by atoms with Gasteiger partial charge in [-0.1, -0.05) is 0 Å². The monoisotopic (exact) mass is 507 g/mol. The number of fused-ring (bicyclic) bond motifs is 2. The third-order valence-corrected chi connectivity index (χ3v) is 11.1. The number of nitrogens with zero attached hydrogens (tertiary/aromatic N) is 1. The van der Waals surface area contributed by atoms with E-state index in [0.717, 1.165) is 0 Å². The Labute approximate surface area is 201 Å². The second kappa shape index (κ2) is 10.3. The van der Waals surface area contributed by atoms with Gasteiger partial charge >= 0.3 is 192 Å². The Morgan fingerprint density at radius 1 is 1.00 bits per heavy atom. The summed E-state index contributed by atoms with van der Waals surface area (Å²) in [5.41, 5.74) is 10.3. The number of rotatable bonds is 6. The van der Waals surface area contributed by atoms with E-state index in [9.17, 15) is 0 Å². The van der Waals surface area contributed by atoms with Crippen molar-refractivity contribution in [3.63, 3.8) is 0 Å². The number of benzene rings is 2. The molecule has 2 aliphatic carbocycles. The summed E-state index contributed by atoms with van der Waals surface area (Å²) in [7, 11) is 0. The molecule has 4 heteroatoms. The summed E-state index contributed by atoms with van der Waals surface area (Å²) >= 11 is -0.810. The summed E-state index contributed by atoms with van der Waals surface area (Å²) < 4.78 is 4.97. The first-order valence-electron chi connectivity index (χ1n) is 11.2. The van der Waals surface area contributed by atoms with Gasteiger partial charge in [0.15, 0.2) is 0 Å². The number of unbranched alkanes of at least 4 members (excludes halogenated alkanes) is 1. The molecule has 1 aromatic heterocycles. The Bertz CT molecular complexity index is 1220. The van der Waals surface area contributed by atoms with Gasteiger partial charge in [0.1, 0.15) is 0 Å². The number of aryl methyl sites for hydroxylation is 1. The molecule has 1 unspecified atom stereocenters. The Morgan fingerprint density at radius 2 is 1.75 bits per heavy atom. The minimum absolute atomic E-state index is 0. The first-order valence-corrected chi connectivity index (χ1v) is 13.9. The SMILES string of the molecule is CCCCC1=[C]([Zr+2][CH]2C(n3c(C)c(C)c4ccccc43)=Cc3ccccc32)CC=C1.[F-].[F-]. The van der Waals surface area contributed by atoms with E-state index in [1.807, 2.05) is 3.28 Å². The molecule has 5 rings (SSSR count). The van der Waals surface area contributed by atoms with Crippen LogP contribution in [-0.2, 0) is 23.2 Å². The van der Waals surface area contributed by atoms with Crippen LogP contribution in [0.25, 0.3) is 22.7 Å². The van der Waals surface area contributed by atoms with Gasteiger partial charge in [0.25, 0.3) is 0 Å². The topological polar surface area (TPSA) is 4.93 Å². The van der Waals surface area contributed by atoms with Crippen LogP contribution in [0.3, 0.4) is 0 Å². The molecule has 1 heterocycles. The fourth-order valence-corrected chi connectivity index (χ4v) is 9.31. The van der Waals surface area contributed by atoms with Crippen molar-refractivity contribution in [2.24, 2.45) is 0 Å². The van der Waals surface area contributed by atoms with E-state index in [1.165, 1.54) is 59.1 Å². The predicted molar refractivity (Wildman–Crippen MR) is 125 cm³/mol. The molecule has 0 saturated carbocycles. The maximum Gasteiger partial charge on any atom is -1.00 e. The average Bonchev–Trinajstić information content (AvgIpc) is 3.43. The Morgan fingerprint density at radius 3 is 2.56 bits per heavy atom. The number of allylic oxidation sites excluding steroid dienone is 5. The van der Waals surface area contributed by atoms with Crippen LogP contribution in [-0.4, -0.2) is 4.57 Å². The third-order valence-electron chi connectivity index (χ3n) is 6.74. The fraction of sp³-hybridized carbons (Fsp3) is 0.286. The van der Waals surface area contributed by atoms with Crippen molar-refractivity contribution in [1.82, 2.24) is 4.57 Å². The number of hydrogen-bond acceptors (Lipinski definition) is 0. The van der Waals surface area contributed by atoms with Crippen molar-refractivity contribution >= 4 is 22.7 Å². The summed E-state index contributed by atoms with van der Waals surface area (Å²) in [4.78, 5) is 0. The van der Waals surface area contributed by atoms with Crippen LogP contribution in [0.2, 0.25) is 0 Å². The van der Waals surface area contributed by atoms with Gasteiger partial charge in [-0.05, 0) is 0 Å². The summed E-state index contributed by atoms with van der Waals surface area (Å²) in [6.07, 6.45) is 12.4. The summed E-state index contributed by atoms with van der Waals surface area (Å²) in [6, 6.07) is 18.0. The molecule has 32 heavy (non-hydrogen) atoms. The number of aromatic nitrogens is 1. The number of hydrogen-bond donors (Lipinski definition) is 0. The Kier molecular flexibility index (Phi) is 7.88. The van der Waals surface area contributed by atoms with Crippen molar-refractivity contribution < 1.29 is 32.6 Å². The van der Waals surface area contributed by atoms with Crippen LogP contribution in [0, 0.1) is 13.8 Å². The first-order chi connectivity index (χ1) is 14.7. The standard InChI is InChI=1S/C19H16N.C9H13.2FH.Zr/c1-13-14(2)20(19-10-6-5-9-18(13)19)17-11-15-7-3-4-8-16(15)12-17;1-2-3-6-9-7-4-5-8-9;;;/h3-12H,1-2H3;4,7H,2-3,5-6H2,1H3;2*1H;/q;;;;+2/p-2. The van der Waals surface area contributed by atoms with E-state index in [2.05, 4.69) is 92.1 Å². The summed E-state index contributed by atoms with van der Waals surface area (Å²) in [5, 5.41) is 1.39. The van der Waals surface area contributed by atoms with Gasteiger partial charge in [0.2, 0.25) is 0 Å². The molecule has 2 aliphatic rings. The molecule has 164 valence electrons. The van der Waals surface area contributed by atoms with E-state index < -0.39 is 23.2 Å². The van der Waals surface area contributed by atoms with Gasteiger partial charge in [-0.25, -0.2) is 0 Å². The zero-order valence-corrected chi connectivity index (χ0v) is 21.4. The van der Waals surface area contributed by atoms with Gasteiger partial charge < -0.3 is 9.41 Å². The average molecular weight is 509 g/mol. The molecule has 0 saturated heterocycles. The molecule has 0 spiro atoms. The summed E-state index contributed by atoms with van der Waals surface area (Å²) in [6.45, 7) is 6.87. The molecule has 3 aromatic rings. The second-order valence-electron chi connectivity index (χ2n) is 8.55. The quantitative estimate of drug-likeness (QED) is 0.479. The van der Waals surface area contributed by atoms with Gasteiger partial charge in [0, 0.05) is 0 Å². The molecule has 2 aromatic carbocycles. The zero-order valence-electron chi connectivity index (χ0n) is 19.0. The van der Waals surface area contributed by atoms with Gasteiger partial charge in [-0.3, -0.25) is 0 Å². The normalized spacial score (nSPS) is 16.5. The molecule has 0 bridgehead atoms. The van der Waals surface area contributed by atoms with Crippen molar-refractivity contribution in [2.45, 2.75) is 50.1 Å². The second-order valence-corrected chi connectivity index (χ2v) is 12.2. The van der Waals surface area contributed by atoms with Crippen LogP contribution < -0.4 is 9.41 Å². The van der Waals surface area contributed by atoms with E-state index in [1.54, 1.807) is 11.1 Å². The summed E-state index contributed by atoms with van der Waals surface area (Å²) in [5.74, 6) is 0. The van der Waals surface area contributed by atoms with E-state index in [4.69, 9.17) is 0 Å². The predicted octanol–water partition coefficient (Wildman–Crippen LogP) is 1.81. The fourth-order valence-electron chi connectivity index (χ4n) is 4.99. The number of halogens is 2. The van der Waals surface area contributed by atoms with Crippen LogP contribution in [0.15, 0.2) is 69.5 Å². The molecular formula is C28H29F2NZr. The molecule has 0 N–H and O–H groups in total. The molecule has 0 fully saturated rings. The van der Waals surface area contributed by atoms with Crippen molar-refractivity contribution in [3.05, 3.63) is 91.9 Å². The van der Waals surface area contributed by atoms with Gasteiger partial charge in [0.05, 0.1) is 0 Å². The molecule has 0 aliphatic heterocycles. The Hall–Kier alpha value is -2.06. The van der Waals surface area contributed by atoms with E-state index >= 15 is 0 Å². The van der Waals surface area contributed by atoms with Crippen molar-refractivity contribution in [2.75, 3.05) is 0 Å². The Balaban J connectivity index is 0.00000144. The maximum atomic E-state index is 2.57. The minimum Gasteiger partial charge on any atom is -1.00 e. The largest absolute Gasteiger partial charge is 1.00 e. The van der Waals surface area contributed by atoms with Crippen molar-refractivity contribution in [1.29, 1.82) is 0 Å². The minimum atomic E-state index is -0.810. The molecule has 1 nitrogen and oxygen atoms in total. The van der Waals surface area contributed by atoms with E-state index in [0.29, 0.717) is 3.63 Å². The first kappa shape index (κ1) is 24.6. The smallest absolute Gasteiger partial charge is 1.00 e. The molecular weight excluding hydrogens is 480 g/mol. The third kappa shape index (κ3) is 4.15.